The van der Waals surface area contributed by atoms with Crippen molar-refractivity contribution in [1.29, 1.82) is 0 Å². The van der Waals surface area contributed by atoms with Crippen LogP contribution in [0.1, 0.15) is 17.5 Å². The Bertz CT molecular complexity index is 258. The van der Waals surface area contributed by atoms with E-state index in [4.69, 9.17) is 5.73 Å². The molecule has 0 amide bonds. The van der Waals surface area contributed by atoms with Gasteiger partial charge in [-0.05, 0) is 37.0 Å². The third-order valence-electron chi connectivity index (χ3n) is 1.88. The zero-order valence-electron chi connectivity index (χ0n) is 7.31. The molecule has 1 aromatic rings. The van der Waals surface area contributed by atoms with Crippen molar-refractivity contribution in [3.05, 3.63) is 29.3 Å². The number of benzene rings is 1. The Labute approximate surface area is 82.1 Å². The van der Waals surface area contributed by atoms with Crippen molar-refractivity contribution in [3.8, 4) is 0 Å². The first kappa shape index (κ1) is 9.59. The minimum atomic E-state index is 0.927. The van der Waals surface area contributed by atoms with Gasteiger partial charge in [-0.3, -0.25) is 0 Å². The van der Waals surface area contributed by atoms with Crippen LogP contribution in [0.25, 0.3) is 0 Å². The van der Waals surface area contributed by atoms with Gasteiger partial charge in [0, 0.05) is 11.0 Å². The average molecular weight is 228 g/mol. The third-order valence-corrected chi connectivity index (χ3v) is 2.44. The molecule has 66 valence electrons. The third kappa shape index (κ3) is 2.52. The number of halogens is 1. The second-order valence-electron chi connectivity index (χ2n) is 2.99. The predicted molar refractivity (Wildman–Crippen MR) is 57.7 cm³/mol. The van der Waals surface area contributed by atoms with E-state index in [9.17, 15) is 0 Å². The van der Waals surface area contributed by atoms with E-state index in [1.165, 1.54) is 11.1 Å². The van der Waals surface area contributed by atoms with E-state index >= 15 is 0 Å². The number of nitrogen functional groups attached to an aromatic ring is 1. The lowest BCUT2D eigenvalue weighted by Gasteiger charge is -2.04. The Morgan fingerprint density at radius 3 is 2.75 bits per heavy atom. The van der Waals surface area contributed by atoms with Crippen LogP contribution in [0, 0.1) is 6.92 Å². The fraction of sp³-hybridized carbons (Fsp3) is 0.400. The highest BCUT2D eigenvalue weighted by Gasteiger charge is 1.97. The van der Waals surface area contributed by atoms with E-state index in [1.54, 1.807) is 0 Å². The summed E-state index contributed by atoms with van der Waals surface area (Å²) < 4.78 is 0. The first-order chi connectivity index (χ1) is 5.74. The molecular formula is C10H14BrN. The van der Waals surface area contributed by atoms with Crippen LogP contribution < -0.4 is 5.73 Å². The van der Waals surface area contributed by atoms with Gasteiger partial charge >= 0.3 is 0 Å². The van der Waals surface area contributed by atoms with Gasteiger partial charge in [0.1, 0.15) is 0 Å². The molecule has 1 nitrogen and oxygen atoms in total. The summed E-state index contributed by atoms with van der Waals surface area (Å²) >= 11 is 3.41. The van der Waals surface area contributed by atoms with Crippen molar-refractivity contribution >= 4 is 21.6 Å². The van der Waals surface area contributed by atoms with Crippen molar-refractivity contribution in [1.82, 2.24) is 0 Å². The van der Waals surface area contributed by atoms with Crippen molar-refractivity contribution in [3.63, 3.8) is 0 Å². The predicted octanol–water partition coefficient (Wildman–Crippen LogP) is 2.90. The largest absolute Gasteiger partial charge is 0.398 e. The molecule has 0 atom stereocenters. The zero-order valence-corrected chi connectivity index (χ0v) is 8.89. The highest BCUT2D eigenvalue weighted by atomic mass is 79.9. The normalized spacial score (nSPS) is 10.2. The maximum atomic E-state index is 5.85. The van der Waals surface area contributed by atoms with Crippen molar-refractivity contribution in [2.75, 3.05) is 11.1 Å². The molecule has 0 aliphatic carbocycles. The van der Waals surface area contributed by atoms with Gasteiger partial charge in [0.15, 0.2) is 0 Å². The highest BCUT2D eigenvalue weighted by molar-refractivity contribution is 9.09. The molecule has 0 bridgehead atoms. The van der Waals surface area contributed by atoms with Gasteiger partial charge in [-0.25, -0.2) is 0 Å². The van der Waals surface area contributed by atoms with Crippen molar-refractivity contribution < 1.29 is 0 Å². The Kier molecular flexibility index (Phi) is 3.60. The summed E-state index contributed by atoms with van der Waals surface area (Å²) in [5.41, 5.74) is 9.27. The fourth-order valence-electron chi connectivity index (χ4n) is 1.20. The Morgan fingerprint density at radius 1 is 1.42 bits per heavy atom. The van der Waals surface area contributed by atoms with Crippen LogP contribution in [0.3, 0.4) is 0 Å². The lowest BCUT2D eigenvalue weighted by molar-refractivity contribution is 0.941. The number of alkyl halides is 1. The summed E-state index contributed by atoms with van der Waals surface area (Å²) in [7, 11) is 0. The lowest BCUT2D eigenvalue weighted by atomic mass is 10.1. The van der Waals surface area contributed by atoms with E-state index < -0.39 is 0 Å². The van der Waals surface area contributed by atoms with Crippen LogP contribution in [-0.4, -0.2) is 5.33 Å². The fourth-order valence-corrected chi connectivity index (χ4v) is 1.48. The SMILES string of the molecule is Cc1ccc(CCCBr)c(N)c1. The molecule has 12 heavy (non-hydrogen) atoms. The van der Waals surface area contributed by atoms with E-state index in [0.717, 1.165) is 23.9 Å². The van der Waals surface area contributed by atoms with Crippen LogP contribution in [0.4, 0.5) is 5.69 Å². The van der Waals surface area contributed by atoms with Gasteiger partial charge in [-0.15, -0.1) is 0 Å². The molecule has 0 fully saturated rings. The molecule has 0 saturated heterocycles. The quantitative estimate of drug-likeness (QED) is 0.624. The summed E-state index contributed by atoms with van der Waals surface area (Å²) in [4.78, 5) is 0. The lowest BCUT2D eigenvalue weighted by Crippen LogP contribution is -1.95. The minimum absolute atomic E-state index is 0.927. The molecule has 0 unspecified atom stereocenters. The smallest absolute Gasteiger partial charge is 0.0349 e. The second-order valence-corrected chi connectivity index (χ2v) is 3.79. The first-order valence-corrected chi connectivity index (χ1v) is 5.27. The summed E-state index contributed by atoms with van der Waals surface area (Å²) in [5, 5.41) is 1.04. The van der Waals surface area contributed by atoms with Gasteiger partial charge in [0.05, 0.1) is 0 Å². The molecule has 0 radical (unpaired) electrons. The van der Waals surface area contributed by atoms with Gasteiger partial charge in [0.2, 0.25) is 0 Å². The Balaban J connectivity index is 2.72. The number of aryl methyl sites for hydroxylation is 2. The molecule has 0 aliphatic rings. The van der Waals surface area contributed by atoms with E-state index in [2.05, 4.69) is 35.0 Å². The Morgan fingerprint density at radius 2 is 2.17 bits per heavy atom. The molecule has 1 aromatic carbocycles. The second kappa shape index (κ2) is 4.51. The maximum absolute atomic E-state index is 5.85. The molecule has 0 saturated carbocycles. The molecule has 0 heterocycles. The van der Waals surface area contributed by atoms with Crippen LogP contribution >= 0.6 is 15.9 Å². The van der Waals surface area contributed by atoms with E-state index in [1.807, 2.05) is 6.07 Å². The molecule has 0 spiro atoms. The standard InChI is InChI=1S/C10H14BrN/c1-8-4-5-9(3-2-6-11)10(12)7-8/h4-5,7H,2-3,6,12H2,1H3. The Hall–Kier alpha value is -0.500. The van der Waals surface area contributed by atoms with Crippen LogP contribution in [0.2, 0.25) is 0 Å². The minimum Gasteiger partial charge on any atom is -0.398 e. The highest BCUT2D eigenvalue weighted by Crippen LogP contribution is 2.15. The van der Waals surface area contributed by atoms with Crippen molar-refractivity contribution in [2.24, 2.45) is 0 Å². The topological polar surface area (TPSA) is 26.0 Å². The van der Waals surface area contributed by atoms with E-state index in [-0.39, 0.29) is 0 Å². The molecule has 0 aromatic heterocycles. The summed E-state index contributed by atoms with van der Waals surface area (Å²) in [6, 6.07) is 6.26. The van der Waals surface area contributed by atoms with Gasteiger partial charge < -0.3 is 5.73 Å². The van der Waals surface area contributed by atoms with Crippen molar-refractivity contribution in [2.45, 2.75) is 19.8 Å². The summed E-state index contributed by atoms with van der Waals surface area (Å²) in [5.74, 6) is 0. The number of anilines is 1. The number of nitrogens with two attached hydrogens (primary N) is 1. The monoisotopic (exact) mass is 227 g/mol. The van der Waals surface area contributed by atoms with Gasteiger partial charge in [-0.1, -0.05) is 28.1 Å². The molecule has 1 rings (SSSR count). The number of hydrogen-bond donors (Lipinski definition) is 1. The van der Waals surface area contributed by atoms with Crippen LogP contribution in [0.15, 0.2) is 18.2 Å². The molecule has 2 heteroatoms. The summed E-state index contributed by atoms with van der Waals surface area (Å²) in [6.07, 6.45) is 2.21. The van der Waals surface area contributed by atoms with Gasteiger partial charge in [-0.2, -0.15) is 0 Å². The maximum Gasteiger partial charge on any atom is 0.0349 e. The average Bonchev–Trinajstić information content (AvgIpc) is 2.03. The number of rotatable bonds is 3. The number of hydrogen-bond acceptors (Lipinski definition) is 1. The molecule has 2 N–H and O–H groups in total. The first-order valence-electron chi connectivity index (χ1n) is 4.15. The summed E-state index contributed by atoms with van der Waals surface area (Å²) in [6.45, 7) is 2.06. The van der Waals surface area contributed by atoms with Crippen LogP contribution in [0.5, 0.6) is 0 Å². The molecular weight excluding hydrogens is 214 g/mol. The van der Waals surface area contributed by atoms with E-state index in [0.29, 0.717) is 0 Å². The zero-order chi connectivity index (χ0) is 8.97. The van der Waals surface area contributed by atoms with Crippen LogP contribution in [-0.2, 0) is 6.42 Å². The van der Waals surface area contributed by atoms with Gasteiger partial charge in [0.25, 0.3) is 0 Å². The molecule has 0 aliphatic heterocycles.